The van der Waals surface area contributed by atoms with Crippen molar-refractivity contribution in [3.05, 3.63) is 119 Å². The molecule has 2 atom stereocenters. The van der Waals surface area contributed by atoms with Gasteiger partial charge >= 0.3 is 5.51 Å². The van der Waals surface area contributed by atoms with Crippen LogP contribution in [0.25, 0.3) is 5.57 Å². The quantitative estimate of drug-likeness (QED) is 0.0725. The van der Waals surface area contributed by atoms with Crippen molar-refractivity contribution in [1.29, 1.82) is 0 Å². The first-order valence-electron chi connectivity index (χ1n) is 27.4. The van der Waals surface area contributed by atoms with E-state index in [1.54, 1.807) is 12.1 Å². The Balaban J connectivity index is 0.00000822. The van der Waals surface area contributed by atoms with Crippen LogP contribution < -0.4 is 20.3 Å². The fourth-order valence-corrected chi connectivity index (χ4v) is 14.8. The van der Waals surface area contributed by atoms with Gasteiger partial charge in [-0.3, -0.25) is 14.6 Å². The van der Waals surface area contributed by atoms with E-state index in [4.69, 9.17) is 16.3 Å². The molecule has 5 aliphatic rings. The molecule has 4 aromatic carbocycles. The SMILES string of the molecule is CC1(CN2CCC(CN3CCNCC3)CC2)CCC(c2ccc(Cl)cc2)=C(CN2CCN(c3ccc(C(=O)NS(=O)(=O)c4ccc(N[C@H](CCN5CCOCC5)CSc5ccccc5)c(S(=O)(=O)C(F)(F)F)c4)cc3)CC2)C1.Cl. The second kappa shape index (κ2) is 27.4. The normalized spacial score (nSPS) is 21.4. The zero-order valence-electron chi connectivity index (χ0n) is 44.9. The number of sulfone groups is 1. The van der Waals surface area contributed by atoms with Crippen LogP contribution in [0.3, 0.4) is 0 Å². The van der Waals surface area contributed by atoms with Gasteiger partial charge in [0, 0.05) is 125 Å². The van der Waals surface area contributed by atoms with Crippen LogP contribution in [0.2, 0.25) is 5.02 Å². The molecule has 0 spiro atoms. The van der Waals surface area contributed by atoms with E-state index >= 15 is 0 Å². The molecule has 0 aromatic heterocycles. The number of hydrogen-bond donors (Lipinski definition) is 3. The molecule has 1 amide bonds. The van der Waals surface area contributed by atoms with Gasteiger partial charge in [-0.2, -0.15) is 13.2 Å². The Kier molecular flexibility index (Phi) is 21.2. The minimum atomic E-state index is -6.07. The molecule has 4 aliphatic heterocycles. The topological polar surface area (TPSA) is 147 Å². The molecular formula is C57H75Cl2F3N8O6S3. The first-order valence-corrected chi connectivity index (χ1v) is 31.7. The fourth-order valence-electron chi connectivity index (χ4n) is 11.7. The average molecular weight is 1190 g/mol. The van der Waals surface area contributed by atoms with Gasteiger partial charge in [-0.05, 0) is 141 Å². The molecule has 0 saturated carbocycles. The standard InChI is InChI=1S/C57H74ClF3N8O6S3.ClH/c1-56(42-68-24-18-43(19-25-68)39-66-27-22-62-23-28-66)21-17-52(44-7-11-47(58)12-8-44)46(38-56)40-67-29-31-69(32-30-67)49-13-9-45(10-14-49)55(70)64-78(73,74)51-15-16-53(54(37-51)77(71,72)57(59,60)61)63-48(20-26-65-33-35-75-36-34-65)41-76-50-5-3-2-4-6-50;/h2-16,37,43,48,62-63H,17-36,38-42H2,1H3,(H,64,70);1H/t48-,56?;/m1./s1. The molecule has 4 fully saturated rings. The number of rotatable bonds is 20. The highest BCUT2D eigenvalue weighted by molar-refractivity contribution is 7.99. The van der Waals surface area contributed by atoms with Crippen molar-refractivity contribution in [2.75, 3.05) is 134 Å². The van der Waals surface area contributed by atoms with Crippen molar-refractivity contribution in [2.45, 2.75) is 71.7 Å². The summed E-state index contributed by atoms with van der Waals surface area (Å²) in [6, 6.07) is 26.1. The number of thioether (sulfide) groups is 1. The van der Waals surface area contributed by atoms with Crippen LogP contribution in [0.15, 0.2) is 117 Å². The molecule has 14 nitrogen and oxygen atoms in total. The number of amides is 1. The number of alkyl halides is 3. The summed E-state index contributed by atoms with van der Waals surface area (Å²) >= 11 is 7.80. The van der Waals surface area contributed by atoms with Gasteiger partial charge in [0.05, 0.1) is 23.8 Å². The number of piperazine rings is 2. The molecule has 4 saturated heterocycles. The number of likely N-dealkylation sites (tertiary alicyclic amines) is 1. The van der Waals surface area contributed by atoms with Crippen molar-refractivity contribution >= 4 is 78.5 Å². The van der Waals surface area contributed by atoms with Gasteiger partial charge in [0.1, 0.15) is 4.90 Å². The predicted molar refractivity (Wildman–Crippen MR) is 312 cm³/mol. The Bertz CT molecular complexity index is 2900. The maximum Gasteiger partial charge on any atom is 0.501 e. The second-order valence-electron chi connectivity index (χ2n) is 21.9. The molecule has 79 heavy (non-hydrogen) atoms. The lowest BCUT2D eigenvalue weighted by molar-refractivity contribution is -0.0435. The highest BCUT2D eigenvalue weighted by Crippen LogP contribution is 2.45. The van der Waals surface area contributed by atoms with Crippen LogP contribution in [0.1, 0.15) is 61.4 Å². The third-order valence-corrected chi connectivity index (χ3v) is 20.4. The third kappa shape index (κ3) is 16.4. The summed E-state index contributed by atoms with van der Waals surface area (Å²) in [5.41, 5.74) is -0.975. The monoisotopic (exact) mass is 1190 g/mol. The Labute approximate surface area is 480 Å². The summed E-state index contributed by atoms with van der Waals surface area (Å²) in [4.78, 5) is 24.6. The van der Waals surface area contributed by atoms with Gasteiger partial charge in [0.25, 0.3) is 25.8 Å². The molecule has 22 heteroatoms. The van der Waals surface area contributed by atoms with Gasteiger partial charge < -0.3 is 30.1 Å². The molecule has 1 unspecified atom stereocenters. The summed E-state index contributed by atoms with van der Waals surface area (Å²) in [6.07, 6.45) is 6.15. The number of ether oxygens (including phenoxy) is 1. The lowest BCUT2D eigenvalue weighted by atomic mass is 9.71. The first-order chi connectivity index (χ1) is 37.4. The summed E-state index contributed by atoms with van der Waals surface area (Å²) in [5, 5.41) is 7.21. The number of halogens is 5. The molecule has 1 aliphatic carbocycles. The van der Waals surface area contributed by atoms with Gasteiger partial charge in [-0.15, -0.1) is 24.2 Å². The van der Waals surface area contributed by atoms with Crippen LogP contribution in [-0.4, -0.2) is 178 Å². The Morgan fingerprint density at radius 2 is 1.51 bits per heavy atom. The molecule has 0 bridgehead atoms. The number of benzene rings is 4. The number of nitrogens with one attached hydrogen (secondary N) is 3. The van der Waals surface area contributed by atoms with Gasteiger partial charge in [-0.1, -0.05) is 54.4 Å². The summed E-state index contributed by atoms with van der Waals surface area (Å²) in [6.45, 7) is 18.6. The van der Waals surface area contributed by atoms with Crippen molar-refractivity contribution < 1.29 is 39.5 Å². The number of allylic oxidation sites excluding steroid dienone is 1. The molecule has 432 valence electrons. The van der Waals surface area contributed by atoms with E-state index in [1.165, 1.54) is 60.0 Å². The lowest BCUT2D eigenvalue weighted by Gasteiger charge is -2.44. The zero-order valence-corrected chi connectivity index (χ0v) is 48.9. The van der Waals surface area contributed by atoms with Crippen molar-refractivity contribution in [1.82, 2.24) is 29.6 Å². The van der Waals surface area contributed by atoms with Gasteiger partial charge in [-0.25, -0.2) is 21.6 Å². The number of nitrogens with zero attached hydrogens (tertiary/aromatic N) is 5. The van der Waals surface area contributed by atoms with E-state index in [-0.39, 0.29) is 23.4 Å². The van der Waals surface area contributed by atoms with Crippen molar-refractivity contribution in [3.8, 4) is 0 Å². The van der Waals surface area contributed by atoms with E-state index < -0.39 is 52.8 Å². The number of piperidine rings is 1. The molecule has 3 N–H and O–H groups in total. The lowest BCUT2D eigenvalue weighted by Crippen LogP contribution is -2.48. The van der Waals surface area contributed by atoms with Crippen molar-refractivity contribution in [2.24, 2.45) is 11.3 Å². The van der Waals surface area contributed by atoms with E-state index in [0.717, 1.165) is 131 Å². The minimum absolute atomic E-state index is 0. The first kappa shape index (κ1) is 61.1. The molecule has 4 aromatic rings. The van der Waals surface area contributed by atoms with E-state index in [0.29, 0.717) is 51.1 Å². The molecule has 9 rings (SSSR count). The number of morpholine rings is 1. The summed E-state index contributed by atoms with van der Waals surface area (Å²) in [7, 11) is -10.9. The Morgan fingerprint density at radius 1 is 0.823 bits per heavy atom. The van der Waals surface area contributed by atoms with Gasteiger partial charge in [0.15, 0.2) is 0 Å². The van der Waals surface area contributed by atoms with E-state index in [1.807, 2.05) is 47.2 Å². The Morgan fingerprint density at radius 3 is 2.18 bits per heavy atom. The summed E-state index contributed by atoms with van der Waals surface area (Å²) < 4.78 is 104. The van der Waals surface area contributed by atoms with E-state index in [2.05, 4.69) is 54.2 Å². The number of sulfonamides is 1. The smallest absolute Gasteiger partial charge is 0.380 e. The van der Waals surface area contributed by atoms with Gasteiger partial charge in [0.2, 0.25) is 0 Å². The predicted octanol–water partition coefficient (Wildman–Crippen LogP) is 8.85. The average Bonchev–Trinajstić information content (AvgIpc) is 3.59. The fraction of sp³-hybridized carbons (Fsp3) is 0.526. The number of anilines is 2. The van der Waals surface area contributed by atoms with Crippen LogP contribution >= 0.6 is 35.8 Å². The van der Waals surface area contributed by atoms with Crippen LogP contribution in [-0.2, 0) is 24.6 Å². The third-order valence-electron chi connectivity index (χ3n) is 16.1. The Hall–Kier alpha value is -3.93. The van der Waals surface area contributed by atoms with Crippen LogP contribution in [0, 0.1) is 11.3 Å². The molecule has 4 heterocycles. The number of carbonyl (C=O) groups is 1. The van der Waals surface area contributed by atoms with Crippen molar-refractivity contribution in [3.63, 3.8) is 0 Å². The summed E-state index contributed by atoms with van der Waals surface area (Å²) in [5.74, 6) is 0.122. The second-order valence-corrected chi connectivity index (χ2v) is 27.0. The largest absolute Gasteiger partial charge is 0.501 e. The van der Waals surface area contributed by atoms with Crippen LogP contribution in [0.4, 0.5) is 24.5 Å². The highest BCUT2D eigenvalue weighted by atomic mass is 35.5. The zero-order chi connectivity index (χ0) is 54.9. The molecular weight excluding hydrogens is 1120 g/mol. The number of carbonyl (C=O) groups excluding carboxylic acids is 1. The maximum atomic E-state index is 14.3. The van der Waals surface area contributed by atoms with Crippen LogP contribution in [0.5, 0.6) is 0 Å². The number of hydrogen-bond acceptors (Lipinski definition) is 14. The minimum Gasteiger partial charge on any atom is -0.380 e. The van der Waals surface area contributed by atoms with E-state index in [9.17, 15) is 34.8 Å². The molecule has 0 radical (unpaired) electrons. The highest BCUT2D eigenvalue weighted by Gasteiger charge is 2.48. The maximum absolute atomic E-state index is 14.3.